The molecule has 3 aromatic rings. The summed E-state index contributed by atoms with van der Waals surface area (Å²) in [7, 11) is 1.60. The fourth-order valence-electron chi connectivity index (χ4n) is 3.17. The summed E-state index contributed by atoms with van der Waals surface area (Å²) in [6.07, 6.45) is 1.62. The number of rotatable bonds is 6. The number of halogens is 1. The molecule has 0 spiro atoms. The van der Waals surface area contributed by atoms with Gasteiger partial charge in [-0.25, -0.2) is 9.37 Å². The number of nitrogens with one attached hydrogen (secondary N) is 1. The van der Waals surface area contributed by atoms with E-state index in [4.69, 9.17) is 9.47 Å². The van der Waals surface area contributed by atoms with Crippen LogP contribution in [0.2, 0.25) is 0 Å². The number of aromatic nitrogens is 3. The molecule has 0 radical (unpaired) electrons. The minimum atomic E-state index is -0.536. The molecule has 0 amide bonds. The van der Waals surface area contributed by atoms with Crippen LogP contribution in [-0.4, -0.2) is 58.8 Å². The largest absolute Gasteiger partial charge is 0.448 e. The smallest absolute Gasteiger partial charge is 0.294 e. The molecule has 9 heteroatoms. The number of hydrogen-bond acceptors (Lipinski definition) is 7. The molecule has 1 aliphatic heterocycles. The first-order valence-corrected chi connectivity index (χ1v) is 9.45. The van der Waals surface area contributed by atoms with Crippen LogP contribution in [0.4, 0.5) is 10.3 Å². The van der Waals surface area contributed by atoms with Crippen LogP contribution in [0.15, 0.2) is 41.3 Å². The number of pyridine rings is 1. The Hall–Kier alpha value is -3.04. The Morgan fingerprint density at radius 2 is 2.03 bits per heavy atom. The molecule has 1 fully saturated rings. The first-order chi connectivity index (χ1) is 14.1. The average Bonchev–Trinajstić information content (AvgIpc) is 2.74. The third-order valence-electron chi connectivity index (χ3n) is 4.79. The van der Waals surface area contributed by atoms with E-state index in [-0.39, 0.29) is 11.5 Å². The lowest BCUT2D eigenvalue weighted by molar-refractivity contribution is 0.0398. The molecule has 152 valence electrons. The van der Waals surface area contributed by atoms with Crippen molar-refractivity contribution < 1.29 is 13.9 Å². The van der Waals surface area contributed by atoms with Gasteiger partial charge in [-0.15, -0.1) is 0 Å². The number of nitrogens with zero attached hydrogens (tertiary/aromatic N) is 4. The molecule has 0 atom stereocenters. The van der Waals surface area contributed by atoms with Gasteiger partial charge in [0.25, 0.3) is 5.56 Å². The summed E-state index contributed by atoms with van der Waals surface area (Å²) >= 11 is 0. The lowest BCUT2D eigenvalue weighted by Gasteiger charge is -2.26. The Morgan fingerprint density at radius 3 is 2.83 bits per heavy atom. The molecule has 0 saturated carbocycles. The molecule has 2 aromatic heterocycles. The topological polar surface area (TPSA) is 81.5 Å². The summed E-state index contributed by atoms with van der Waals surface area (Å²) in [5.41, 5.74) is 0.0680. The van der Waals surface area contributed by atoms with E-state index >= 15 is 0 Å². The zero-order chi connectivity index (χ0) is 20.2. The Balaban J connectivity index is 1.52. The first-order valence-electron chi connectivity index (χ1n) is 9.45. The zero-order valence-corrected chi connectivity index (χ0v) is 16.1. The summed E-state index contributed by atoms with van der Waals surface area (Å²) in [6.45, 7) is 4.89. The van der Waals surface area contributed by atoms with E-state index in [1.165, 1.54) is 22.8 Å². The molecule has 0 aliphatic carbocycles. The molecule has 3 heterocycles. The number of ether oxygens (including phenoxy) is 2. The molecule has 0 bridgehead atoms. The number of para-hydroxylation sites is 1. The van der Waals surface area contributed by atoms with Gasteiger partial charge in [0, 0.05) is 44.8 Å². The van der Waals surface area contributed by atoms with Gasteiger partial charge in [0.05, 0.1) is 13.2 Å². The van der Waals surface area contributed by atoms with Crippen LogP contribution in [0.3, 0.4) is 0 Å². The van der Waals surface area contributed by atoms with Crippen molar-refractivity contribution in [2.45, 2.75) is 0 Å². The minimum Gasteiger partial charge on any atom is -0.448 e. The van der Waals surface area contributed by atoms with E-state index in [0.29, 0.717) is 23.5 Å². The first kappa shape index (κ1) is 19.3. The van der Waals surface area contributed by atoms with Gasteiger partial charge < -0.3 is 14.8 Å². The summed E-state index contributed by atoms with van der Waals surface area (Å²) in [5, 5.41) is 3.81. The third-order valence-corrected chi connectivity index (χ3v) is 4.79. The van der Waals surface area contributed by atoms with Crippen LogP contribution in [0.5, 0.6) is 11.5 Å². The average molecular weight is 399 g/mol. The number of hydrogen-bond donors (Lipinski definition) is 1. The van der Waals surface area contributed by atoms with Gasteiger partial charge in [0.2, 0.25) is 5.95 Å². The zero-order valence-electron chi connectivity index (χ0n) is 16.1. The van der Waals surface area contributed by atoms with Crippen LogP contribution in [0, 0.1) is 5.82 Å². The second-order valence-electron chi connectivity index (χ2n) is 6.76. The van der Waals surface area contributed by atoms with Crippen molar-refractivity contribution in [3.63, 3.8) is 0 Å². The minimum absolute atomic E-state index is 0.00809. The van der Waals surface area contributed by atoms with Crippen molar-refractivity contribution in [1.82, 2.24) is 19.4 Å². The number of morpholine rings is 1. The highest BCUT2D eigenvalue weighted by Crippen LogP contribution is 2.24. The number of benzene rings is 1. The van der Waals surface area contributed by atoms with E-state index in [1.54, 1.807) is 25.4 Å². The molecule has 1 saturated heterocycles. The van der Waals surface area contributed by atoms with Gasteiger partial charge in [-0.3, -0.25) is 14.3 Å². The second-order valence-corrected chi connectivity index (χ2v) is 6.76. The maximum Gasteiger partial charge on any atom is 0.294 e. The van der Waals surface area contributed by atoms with Gasteiger partial charge >= 0.3 is 0 Å². The predicted molar refractivity (Wildman–Crippen MR) is 107 cm³/mol. The van der Waals surface area contributed by atoms with Gasteiger partial charge in [-0.05, 0) is 18.2 Å². The Labute approximate surface area is 166 Å². The number of aryl methyl sites for hydroxylation is 1. The van der Waals surface area contributed by atoms with Crippen LogP contribution in [0.25, 0.3) is 11.0 Å². The molecular weight excluding hydrogens is 377 g/mol. The number of fused-ring (bicyclic) bond motifs is 1. The van der Waals surface area contributed by atoms with Crippen LogP contribution in [-0.2, 0) is 11.8 Å². The normalized spacial score (nSPS) is 14.8. The molecule has 29 heavy (non-hydrogen) atoms. The van der Waals surface area contributed by atoms with Gasteiger partial charge in [-0.2, -0.15) is 4.98 Å². The van der Waals surface area contributed by atoms with Crippen molar-refractivity contribution >= 4 is 17.0 Å². The fourth-order valence-corrected chi connectivity index (χ4v) is 3.17. The fraction of sp³-hybridized carbons (Fsp3) is 0.350. The van der Waals surface area contributed by atoms with Crippen molar-refractivity contribution in [2.24, 2.45) is 7.05 Å². The van der Waals surface area contributed by atoms with Gasteiger partial charge in [0.1, 0.15) is 5.65 Å². The highest BCUT2D eigenvalue weighted by molar-refractivity contribution is 5.76. The maximum atomic E-state index is 13.9. The van der Waals surface area contributed by atoms with Gasteiger partial charge in [-0.1, -0.05) is 12.1 Å². The lowest BCUT2D eigenvalue weighted by Crippen LogP contribution is -2.39. The summed E-state index contributed by atoms with van der Waals surface area (Å²) in [5.74, 6) is -0.0813. The molecular formula is C20H22FN5O3. The highest BCUT2D eigenvalue weighted by atomic mass is 19.1. The van der Waals surface area contributed by atoms with E-state index < -0.39 is 11.4 Å². The van der Waals surface area contributed by atoms with Crippen LogP contribution in [0.1, 0.15) is 0 Å². The Bertz CT molecular complexity index is 1070. The van der Waals surface area contributed by atoms with E-state index in [9.17, 15) is 9.18 Å². The monoisotopic (exact) mass is 399 g/mol. The SMILES string of the molecule is Cn1c(=O)c(Oc2ccccc2F)cc2cnc(NCCN3CCOCC3)nc21. The molecule has 8 nitrogen and oxygen atoms in total. The standard InChI is InChI=1S/C20H22FN5O3/c1-25-18-14(12-17(19(25)27)29-16-5-3-2-4-15(16)21)13-23-20(24-18)22-6-7-26-8-10-28-11-9-26/h2-5,12-13H,6-11H2,1H3,(H,22,23,24). The molecule has 1 N–H and O–H groups in total. The third kappa shape index (κ3) is 4.36. The van der Waals surface area contributed by atoms with Crippen molar-refractivity contribution in [2.75, 3.05) is 44.7 Å². The number of anilines is 1. The summed E-state index contributed by atoms with van der Waals surface area (Å²) < 4.78 is 26.1. The molecule has 1 aromatic carbocycles. The second kappa shape index (κ2) is 8.54. The van der Waals surface area contributed by atoms with Crippen LogP contribution < -0.4 is 15.6 Å². The Kier molecular flexibility index (Phi) is 5.68. The molecule has 0 unspecified atom stereocenters. The predicted octanol–water partition coefficient (Wildman–Crippen LogP) is 2.00. The van der Waals surface area contributed by atoms with Crippen molar-refractivity contribution in [3.8, 4) is 11.5 Å². The Morgan fingerprint density at radius 1 is 1.24 bits per heavy atom. The van der Waals surface area contributed by atoms with Gasteiger partial charge in [0.15, 0.2) is 17.3 Å². The summed E-state index contributed by atoms with van der Waals surface area (Å²) in [6, 6.07) is 7.47. The molecule has 4 rings (SSSR count). The van der Waals surface area contributed by atoms with Crippen LogP contribution >= 0.6 is 0 Å². The van der Waals surface area contributed by atoms with E-state index in [2.05, 4.69) is 20.2 Å². The quantitative estimate of drug-likeness (QED) is 0.679. The van der Waals surface area contributed by atoms with E-state index in [1.807, 2.05) is 0 Å². The lowest BCUT2D eigenvalue weighted by atomic mass is 10.3. The van der Waals surface area contributed by atoms with Crippen molar-refractivity contribution in [1.29, 1.82) is 0 Å². The summed E-state index contributed by atoms with van der Waals surface area (Å²) in [4.78, 5) is 23.7. The van der Waals surface area contributed by atoms with E-state index in [0.717, 1.165) is 32.8 Å². The highest BCUT2D eigenvalue weighted by Gasteiger charge is 2.14. The molecule has 1 aliphatic rings. The van der Waals surface area contributed by atoms with Crippen molar-refractivity contribution in [3.05, 3.63) is 52.7 Å². The maximum absolute atomic E-state index is 13.9.